The molecule has 0 amide bonds. The minimum Gasteiger partial charge on any atom is -0.351 e. The number of rotatable bonds is 10. The average molecular weight is 479 g/mol. The zero-order valence-corrected chi connectivity index (χ0v) is 17.9. The van der Waals surface area contributed by atoms with E-state index in [0.29, 0.717) is 0 Å². The Balaban J connectivity index is 1.76. The maximum atomic E-state index is 13.5. The number of benzene rings is 1. The predicted octanol–water partition coefficient (Wildman–Crippen LogP) is 1.85. The average Bonchev–Trinajstić information content (AvgIpc) is 3.12. The van der Waals surface area contributed by atoms with Crippen LogP contribution < -0.4 is 10.0 Å². The zero-order chi connectivity index (χ0) is 24.0. The van der Waals surface area contributed by atoms with E-state index in [1.165, 1.54) is 42.2 Å². The van der Waals surface area contributed by atoms with Gasteiger partial charge < -0.3 is 15.2 Å². The monoisotopic (exact) mass is 479 g/mol. The molecule has 11 nitrogen and oxygen atoms in total. The maximum Gasteiger partial charge on any atom is 0.268 e. The third-order valence-electron chi connectivity index (χ3n) is 4.25. The molecule has 3 rings (SSSR count). The molecule has 14 heteroatoms. The Labute approximate surface area is 187 Å². The minimum absolute atomic E-state index is 0.119. The largest absolute Gasteiger partial charge is 0.351 e. The number of pyridine rings is 1. The second-order valence-electron chi connectivity index (χ2n) is 6.66. The van der Waals surface area contributed by atoms with Crippen LogP contribution >= 0.6 is 0 Å². The fourth-order valence-corrected chi connectivity index (χ4v) is 3.52. The summed E-state index contributed by atoms with van der Waals surface area (Å²) in [4.78, 5) is 4.10. The molecule has 3 N–H and O–H groups in total. The number of aliphatic hydroxyl groups excluding tert-OH is 1. The molecule has 33 heavy (non-hydrogen) atoms. The van der Waals surface area contributed by atoms with Gasteiger partial charge in [0.2, 0.25) is 16.4 Å². The summed E-state index contributed by atoms with van der Waals surface area (Å²) in [5.41, 5.74) is 0.709. The standard InChI is InChI=1S/C19H19F2N7O4S/c1-28-18(24-19(29)32-16(17(20)21)12-5-3-2-4-6-12)15(25-27-28)14-8-7-13(11-23-14)26-33(30,31)10-9-22/h2-8,11,16-17,19,24,26,29H,10H2,1H3/t16-,19?/m0/s1. The zero-order valence-electron chi connectivity index (χ0n) is 17.1. The van der Waals surface area contributed by atoms with E-state index in [4.69, 9.17) is 10.00 Å². The van der Waals surface area contributed by atoms with Gasteiger partial charge in [-0.15, -0.1) is 5.10 Å². The molecule has 0 saturated heterocycles. The molecule has 3 aromatic rings. The normalized spacial score (nSPS) is 13.3. The van der Waals surface area contributed by atoms with E-state index in [0.717, 1.165) is 0 Å². The van der Waals surface area contributed by atoms with Gasteiger partial charge in [0, 0.05) is 7.05 Å². The number of aliphatic hydroxyl groups is 1. The molecular formula is C19H19F2N7O4S. The van der Waals surface area contributed by atoms with Crippen LogP contribution in [0.4, 0.5) is 20.3 Å². The second-order valence-corrected chi connectivity index (χ2v) is 8.38. The Morgan fingerprint density at radius 1 is 1.24 bits per heavy atom. The van der Waals surface area contributed by atoms with Crippen molar-refractivity contribution in [3.8, 4) is 17.5 Å². The van der Waals surface area contributed by atoms with Crippen LogP contribution in [0, 0.1) is 11.3 Å². The Kier molecular flexibility index (Phi) is 7.48. The van der Waals surface area contributed by atoms with E-state index >= 15 is 0 Å². The lowest BCUT2D eigenvalue weighted by atomic mass is 10.1. The lowest BCUT2D eigenvalue weighted by molar-refractivity contribution is -0.161. The third kappa shape index (κ3) is 6.19. The molecule has 1 unspecified atom stereocenters. The highest BCUT2D eigenvalue weighted by Gasteiger charge is 2.27. The van der Waals surface area contributed by atoms with Crippen LogP contribution in [0.25, 0.3) is 11.4 Å². The number of anilines is 2. The van der Waals surface area contributed by atoms with Gasteiger partial charge in [-0.05, 0) is 17.7 Å². The van der Waals surface area contributed by atoms with Crippen molar-refractivity contribution in [2.75, 3.05) is 15.8 Å². The molecule has 0 fully saturated rings. The smallest absolute Gasteiger partial charge is 0.268 e. The highest BCUT2D eigenvalue weighted by atomic mass is 32.2. The van der Waals surface area contributed by atoms with Crippen molar-refractivity contribution >= 4 is 21.5 Å². The molecule has 0 radical (unpaired) electrons. The van der Waals surface area contributed by atoms with Crippen LogP contribution in [0.1, 0.15) is 11.7 Å². The van der Waals surface area contributed by atoms with Gasteiger partial charge in [-0.1, -0.05) is 35.5 Å². The van der Waals surface area contributed by atoms with Crippen LogP contribution in [0.3, 0.4) is 0 Å². The molecule has 0 aliphatic rings. The summed E-state index contributed by atoms with van der Waals surface area (Å²) < 4.78 is 58.9. The molecule has 2 atom stereocenters. The van der Waals surface area contributed by atoms with E-state index in [2.05, 4.69) is 25.3 Å². The number of aromatic nitrogens is 4. The number of hydrogen-bond donors (Lipinski definition) is 3. The van der Waals surface area contributed by atoms with Crippen molar-refractivity contribution in [3.05, 3.63) is 54.2 Å². The molecular weight excluding hydrogens is 460 g/mol. The van der Waals surface area contributed by atoms with Crippen LogP contribution in [-0.2, 0) is 21.8 Å². The number of aryl methyl sites for hydroxylation is 1. The summed E-state index contributed by atoms with van der Waals surface area (Å²) in [6.45, 7) is 0. The minimum atomic E-state index is -3.83. The number of ether oxygens (including phenoxy) is 1. The van der Waals surface area contributed by atoms with Gasteiger partial charge in [-0.25, -0.2) is 21.9 Å². The first-order valence-corrected chi connectivity index (χ1v) is 11.0. The first-order valence-electron chi connectivity index (χ1n) is 9.37. The summed E-state index contributed by atoms with van der Waals surface area (Å²) in [7, 11) is -2.33. The Bertz CT molecular complexity index is 1220. The molecule has 0 aliphatic carbocycles. The van der Waals surface area contributed by atoms with Crippen molar-refractivity contribution in [2.24, 2.45) is 7.05 Å². The van der Waals surface area contributed by atoms with Crippen LogP contribution in [0.5, 0.6) is 0 Å². The molecule has 0 bridgehead atoms. The fourth-order valence-electron chi connectivity index (χ4n) is 2.80. The molecule has 0 saturated carbocycles. The summed E-state index contributed by atoms with van der Waals surface area (Å²) in [6, 6.07) is 12.1. The van der Waals surface area contributed by atoms with E-state index in [1.54, 1.807) is 24.3 Å². The van der Waals surface area contributed by atoms with Crippen molar-refractivity contribution < 1.29 is 27.0 Å². The van der Waals surface area contributed by atoms with Gasteiger partial charge in [0.1, 0.15) is 6.10 Å². The summed E-state index contributed by atoms with van der Waals surface area (Å²) in [6.07, 6.45) is -5.21. The summed E-state index contributed by atoms with van der Waals surface area (Å²) in [5.74, 6) is -0.595. The number of alkyl halides is 2. The van der Waals surface area contributed by atoms with Gasteiger partial charge in [-0.2, -0.15) is 5.26 Å². The first-order chi connectivity index (χ1) is 15.7. The van der Waals surface area contributed by atoms with Crippen LogP contribution in [0.15, 0.2) is 48.7 Å². The number of nitriles is 1. The van der Waals surface area contributed by atoms with Crippen molar-refractivity contribution in [3.63, 3.8) is 0 Å². The number of nitrogens with one attached hydrogen (secondary N) is 2. The van der Waals surface area contributed by atoms with Gasteiger partial charge in [0.05, 0.1) is 23.6 Å². The Hall–Kier alpha value is -3.67. The van der Waals surface area contributed by atoms with E-state index in [9.17, 15) is 22.3 Å². The maximum absolute atomic E-state index is 13.5. The van der Waals surface area contributed by atoms with Crippen molar-refractivity contribution in [1.29, 1.82) is 5.26 Å². The van der Waals surface area contributed by atoms with Crippen LogP contribution in [-0.4, -0.2) is 52.1 Å². The molecule has 0 spiro atoms. The number of sulfonamides is 1. The number of halogens is 2. The fraction of sp³-hybridized carbons (Fsp3) is 0.263. The molecule has 2 heterocycles. The SMILES string of the molecule is Cn1nnc(-c2ccc(NS(=O)(=O)CC#N)cn2)c1NC(O)O[C@@H](c1ccccc1)C(F)F. The van der Waals surface area contributed by atoms with E-state index in [-0.39, 0.29) is 28.5 Å². The van der Waals surface area contributed by atoms with Gasteiger partial charge in [0.15, 0.2) is 17.3 Å². The van der Waals surface area contributed by atoms with Gasteiger partial charge >= 0.3 is 0 Å². The quantitative estimate of drug-likeness (QED) is 0.369. The third-order valence-corrected chi connectivity index (χ3v) is 5.31. The van der Waals surface area contributed by atoms with Crippen molar-refractivity contribution in [1.82, 2.24) is 20.0 Å². The number of hydrogen-bond acceptors (Lipinski definition) is 9. The summed E-state index contributed by atoms with van der Waals surface area (Å²) >= 11 is 0. The summed E-state index contributed by atoms with van der Waals surface area (Å²) in [5, 5.41) is 29.1. The Morgan fingerprint density at radius 2 is 1.97 bits per heavy atom. The molecule has 1 aromatic carbocycles. The predicted molar refractivity (Wildman–Crippen MR) is 113 cm³/mol. The van der Waals surface area contributed by atoms with E-state index in [1.807, 2.05) is 0 Å². The molecule has 174 valence electrons. The highest BCUT2D eigenvalue weighted by molar-refractivity contribution is 7.92. The topological polar surface area (TPSA) is 155 Å². The molecule has 0 aliphatic heterocycles. The number of nitrogens with zero attached hydrogens (tertiary/aromatic N) is 5. The highest BCUT2D eigenvalue weighted by Crippen LogP contribution is 2.28. The van der Waals surface area contributed by atoms with Gasteiger partial charge in [-0.3, -0.25) is 9.71 Å². The lowest BCUT2D eigenvalue weighted by Crippen LogP contribution is -2.29. The first kappa shape index (κ1) is 24.0. The van der Waals surface area contributed by atoms with Gasteiger partial charge in [0.25, 0.3) is 6.43 Å². The van der Waals surface area contributed by atoms with Crippen molar-refractivity contribution in [2.45, 2.75) is 18.9 Å². The lowest BCUT2D eigenvalue weighted by Gasteiger charge is -2.22. The Morgan fingerprint density at radius 3 is 2.58 bits per heavy atom. The van der Waals surface area contributed by atoms with E-state index < -0.39 is 34.7 Å². The molecule has 2 aromatic heterocycles. The second kappa shape index (κ2) is 10.3. The van der Waals surface area contributed by atoms with Crippen LogP contribution in [0.2, 0.25) is 0 Å².